The molecule has 0 unspecified atom stereocenters. The van der Waals surface area contributed by atoms with Crippen LogP contribution in [0.3, 0.4) is 0 Å². The molecule has 0 aromatic heterocycles. The van der Waals surface area contributed by atoms with E-state index in [9.17, 15) is 0 Å². The van der Waals surface area contributed by atoms with E-state index in [2.05, 4.69) is 4.99 Å². The molecule has 3 nitrogen and oxygen atoms in total. The van der Waals surface area contributed by atoms with Crippen LogP contribution in [0.15, 0.2) is 4.99 Å². The zero-order chi connectivity index (χ0) is 6.41. The highest BCUT2D eigenvalue weighted by atomic mass is 16.5. The summed E-state index contributed by atoms with van der Waals surface area (Å²) in [7, 11) is 1.65. The number of nitrogens with one attached hydrogen (secondary N) is 1. The minimum atomic E-state index is 0.646. The third kappa shape index (κ3) is 2.58. The van der Waals surface area contributed by atoms with Gasteiger partial charge in [0.1, 0.15) is 5.84 Å². The quantitative estimate of drug-likeness (QED) is 0.318. The van der Waals surface area contributed by atoms with Crippen molar-refractivity contribution in [3.05, 3.63) is 0 Å². The monoisotopic (exact) mass is 116 g/mol. The van der Waals surface area contributed by atoms with Gasteiger partial charge < -0.3 is 0 Å². The average Bonchev–Trinajstić information content (AvgIpc) is 1.83. The number of rotatable bonds is 2. The van der Waals surface area contributed by atoms with Crippen molar-refractivity contribution in [3.63, 3.8) is 0 Å². The molecular formula is C5H12N2O. The van der Waals surface area contributed by atoms with E-state index in [-0.39, 0.29) is 0 Å². The van der Waals surface area contributed by atoms with Gasteiger partial charge in [0.15, 0.2) is 0 Å². The molecule has 0 amide bonds. The second kappa shape index (κ2) is 4.59. The van der Waals surface area contributed by atoms with Crippen molar-refractivity contribution in [2.24, 2.45) is 4.99 Å². The summed E-state index contributed by atoms with van der Waals surface area (Å²) in [5.41, 5.74) is 2.00. The van der Waals surface area contributed by atoms with Crippen LogP contribution in [0, 0.1) is 0 Å². The number of nitrogens with zero attached hydrogens (tertiary/aromatic N) is 1. The van der Waals surface area contributed by atoms with Gasteiger partial charge in [0.2, 0.25) is 0 Å². The smallest absolute Gasteiger partial charge is 0.120 e. The lowest BCUT2D eigenvalue weighted by Crippen LogP contribution is -2.17. The second-order valence-corrected chi connectivity index (χ2v) is 1.53. The molecule has 0 heterocycles. The molecule has 0 fully saturated rings. The van der Waals surface area contributed by atoms with E-state index in [1.165, 1.54) is 0 Å². The Balaban J connectivity index is 3.38. The first kappa shape index (κ1) is 7.43. The molecule has 0 saturated carbocycles. The SMILES string of the molecule is CCCC(=NC)NO. The van der Waals surface area contributed by atoms with Crippen molar-refractivity contribution in [2.45, 2.75) is 19.8 Å². The highest BCUT2D eigenvalue weighted by molar-refractivity contribution is 5.80. The predicted molar refractivity (Wildman–Crippen MR) is 33.2 cm³/mol. The predicted octanol–water partition coefficient (Wildman–Crippen LogP) is 0.794. The van der Waals surface area contributed by atoms with E-state index in [0.717, 1.165) is 12.8 Å². The van der Waals surface area contributed by atoms with E-state index in [1.54, 1.807) is 7.05 Å². The molecule has 2 N–H and O–H groups in total. The molecule has 8 heavy (non-hydrogen) atoms. The van der Waals surface area contributed by atoms with Crippen LogP contribution in [0.4, 0.5) is 0 Å². The van der Waals surface area contributed by atoms with Crippen LogP contribution in [0.25, 0.3) is 0 Å². The molecular weight excluding hydrogens is 104 g/mol. The molecule has 0 bridgehead atoms. The molecule has 0 saturated heterocycles. The van der Waals surface area contributed by atoms with Crippen LogP contribution in [0.2, 0.25) is 0 Å². The maximum Gasteiger partial charge on any atom is 0.120 e. The highest BCUT2D eigenvalue weighted by Gasteiger charge is 1.88. The number of hydroxylamine groups is 1. The summed E-state index contributed by atoms with van der Waals surface area (Å²) in [6.07, 6.45) is 1.81. The van der Waals surface area contributed by atoms with Gasteiger partial charge in [-0.2, -0.15) is 0 Å². The molecule has 48 valence electrons. The summed E-state index contributed by atoms with van der Waals surface area (Å²) in [5, 5.41) is 8.28. The Morgan fingerprint density at radius 2 is 2.38 bits per heavy atom. The zero-order valence-electron chi connectivity index (χ0n) is 5.31. The molecule has 0 aliphatic rings. The van der Waals surface area contributed by atoms with Gasteiger partial charge in [0.25, 0.3) is 0 Å². The first-order chi connectivity index (χ1) is 3.85. The van der Waals surface area contributed by atoms with Crippen molar-refractivity contribution in [1.82, 2.24) is 5.48 Å². The summed E-state index contributed by atoms with van der Waals surface area (Å²) >= 11 is 0. The van der Waals surface area contributed by atoms with E-state index in [4.69, 9.17) is 5.21 Å². The summed E-state index contributed by atoms with van der Waals surface area (Å²) in [5.74, 6) is 0.646. The Kier molecular flexibility index (Phi) is 4.26. The topological polar surface area (TPSA) is 44.6 Å². The molecule has 0 atom stereocenters. The van der Waals surface area contributed by atoms with Crippen molar-refractivity contribution in [1.29, 1.82) is 0 Å². The van der Waals surface area contributed by atoms with E-state index >= 15 is 0 Å². The van der Waals surface area contributed by atoms with Crippen LogP contribution in [-0.2, 0) is 0 Å². The first-order valence-electron chi connectivity index (χ1n) is 2.71. The Labute approximate surface area is 49.4 Å². The third-order valence-corrected chi connectivity index (χ3v) is 0.886. The van der Waals surface area contributed by atoms with E-state index in [0.29, 0.717) is 5.84 Å². The van der Waals surface area contributed by atoms with Crippen LogP contribution < -0.4 is 5.48 Å². The highest BCUT2D eigenvalue weighted by Crippen LogP contribution is 1.85. The molecule has 0 radical (unpaired) electrons. The van der Waals surface area contributed by atoms with Gasteiger partial charge in [0, 0.05) is 13.5 Å². The van der Waals surface area contributed by atoms with Crippen LogP contribution in [0.5, 0.6) is 0 Å². The largest absolute Gasteiger partial charge is 0.290 e. The van der Waals surface area contributed by atoms with Gasteiger partial charge in [-0.15, -0.1) is 0 Å². The maximum absolute atomic E-state index is 8.28. The van der Waals surface area contributed by atoms with E-state index in [1.807, 2.05) is 12.4 Å². The maximum atomic E-state index is 8.28. The molecule has 0 spiro atoms. The Morgan fingerprint density at radius 3 is 2.50 bits per heavy atom. The Morgan fingerprint density at radius 1 is 1.75 bits per heavy atom. The fraction of sp³-hybridized carbons (Fsp3) is 0.800. The summed E-state index contributed by atoms with van der Waals surface area (Å²) in [4.78, 5) is 3.75. The van der Waals surface area contributed by atoms with Gasteiger partial charge in [-0.1, -0.05) is 6.92 Å². The van der Waals surface area contributed by atoms with Crippen molar-refractivity contribution in [3.8, 4) is 0 Å². The van der Waals surface area contributed by atoms with Crippen molar-refractivity contribution < 1.29 is 5.21 Å². The second-order valence-electron chi connectivity index (χ2n) is 1.53. The standard InChI is InChI=1S/C5H12N2O/c1-3-4-5(6-2)7-8/h8H,3-4H2,1-2H3,(H,6,7). The van der Waals surface area contributed by atoms with Crippen LogP contribution in [0.1, 0.15) is 19.8 Å². The van der Waals surface area contributed by atoms with Gasteiger partial charge in [-0.3, -0.25) is 15.7 Å². The number of hydrogen-bond donors (Lipinski definition) is 2. The number of hydrogen-bond acceptors (Lipinski definition) is 2. The zero-order valence-corrected chi connectivity index (χ0v) is 5.31. The van der Waals surface area contributed by atoms with E-state index < -0.39 is 0 Å². The van der Waals surface area contributed by atoms with Gasteiger partial charge >= 0.3 is 0 Å². The minimum Gasteiger partial charge on any atom is -0.290 e. The van der Waals surface area contributed by atoms with Crippen molar-refractivity contribution in [2.75, 3.05) is 7.05 Å². The Bertz CT molecular complexity index is 80.5. The molecule has 0 aliphatic carbocycles. The van der Waals surface area contributed by atoms with Crippen molar-refractivity contribution >= 4 is 5.84 Å². The first-order valence-corrected chi connectivity index (χ1v) is 2.71. The summed E-state index contributed by atoms with van der Waals surface area (Å²) in [6, 6.07) is 0. The molecule has 0 aliphatic heterocycles. The summed E-state index contributed by atoms with van der Waals surface area (Å²) < 4.78 is 0. The lowest BCUT2D eigenvalue weighted by molar-refractivity contribution is 0.231. The normalized spacial score (nSPS) is 11.6. The fourth-order valence-corrected chi connectivity index (χ4v) is 0.455. The number of amidine groups is 1. The fourth-order valence-electron chi connectivity index (χ4n) is 0.455. The van der Waals surface area contributed by atoms with Gasteiger partial charge in [-0.05, 0) is 6.42 Å². The van der Waals surface area contributed by atoms with Gasteiger partial charge in [-0.25, -0.2) is 0 Å². The third-order valence-electron chi connectivity index (χ3n) is 0.886. The van der Waals surface area contributed by atoms with Crippen LogP contribution >= 0.6 is 0 Å². The molecule has 0 aromatic carbocycles. The Hall–Kier alpha value is -0.570. The number of aliphatic imine (C=N–C) groups is 1. The minimum absolute atomic E-state index is 0.646. The molecule has 3 heteroatoms. The lowest BCUT2D eigenvalue weighted by Gasteiger charge is -1.97. The average molecular weight is 116 g/mol. The molecule has 0 rings (SSSR count). The summed E-state index contributed by atoms with van der Waals surface area (Å²) in [6.45, 7) is 2.03. The lowest BCUT2D eigenvalue weighted by atomic mass is 10.3. The van der Waals surface area contributed by atoms with Crippen LogP contribution in [-0.4, -0.2) is 18.1 Å². The van der Waals surface area contributed by atoms with Gasteiger partial charge in [0.05, 0.1) is 0 Å². The molecule has 0 aromatic rings.